The standard InChI is InChI=1S/C13H15N3O/c1-17-13-5-3-2-4-10(13)11(8-14)12-6-7-15-9-16-12/h2-7,9,11H,8,14H2,1H3. The second kappa shape index (κ2) is 5.41. The SMILES string of the molecule is COc1ccccc1C(CN)c1ccncn1. The molecule has 0 fully saturated rings. The first kappa shape index (κ1) is 11.5. The topological polar surface area (TPSA) is 61.0 Å². The van der Waals surface area contributed by atoms with Crippen LogP contribution in [0.1, 0.15) is 17.2 Å². The van der Waals surface area contributed by atoms with Crippen molar-refractivity contribution in [1.82, 2.24) is 9.97 Å². The molecule has 1 aromatic carbocycles. The minimum Gasteiger partial charge on any atom is -0.496 e. The summed E-state index contributed by atoms with van der Waals surface area (Å²) in [6, 6.07) is 9.74. The van der Waals surface area contributed by atoms with Gasteiger partial charge in [-0.3, -0.25) is 0 Å². The van der Waals surface area contributed by atoms with Gasteiger partial charge in [0.1, 0.15) is 12.1 Å². The first-order valence-electron chi connectivity index (χ1n) is 5.45. The van der Waals surface area contributed by atoms with Gasteiger partial charge < -0.3 is 10.5 Å². The molecule has 2 rings (SSSR count). The Balaban J connectivity index is 2.42. The second-order valence-electron chi connectivity index (χ2n) is 3.66. The highest BCUT2D eigenvalue weighted by molar-refractivity contribution is 5.40. The summed E-state index contributed by atoms with van der Waals surface area (Å²) in [7, 11) is 1.66. The number of ether oxygens (including phenoxy) is 1. The maximum absolute atomic E-state index is 5.84. The van der Waals surface area contributed by atoms with E-state index in [2.05, 4.69) is 9.97 Å². The molecule has 4 nitrogen and oxygen atoms in total. The summed E-state index contributed by atoms with van der Waals surface area (Å²) in [6.07, 6.45) is 3.26. The van der Waals surface area contributed by atoms with E-state index in [0.29, 0.717) is 6.54 Å². The Morgan fingerprint density at radius 1 is 1.29 bits per heavy atom. The number of rotatable bonds is 4. The van der Waals surface area contributed by atoms with E-state index in [0.717, 1.165) is 17.0 Å². The predicted octanol–water partition coefficient (Wildman–Crippen LogP) is 1.58. The lowest BCUT2D eigenvalue weighted by Crippen LogP contribution is -2.16. The van der Waals surface area contributed by atoms with Crippen LogP contribution in [-0.2, 0) is 0 Å². The summed E-state index contributed by atoms with van der Waals surface area (Å²) < 4.78 is 5.35. The van der Waals surface area contributed by atoms with Crippen LogP contribution in [0.25, 0.3) is 0 Å². The number of nitrogens with zero attached hydrogens (tertiary/aromatic N) is 2. The van der Waals surface area contributed by atoms with Crippen molar-refractivity contribution in [3.8, 4) is 5.75 Å². The molecular weight excluding hydrogens is 214 g/mol. The van der Waals surface area contributed by atoms with Crippen LogP contribution in [0.3, 0.4) is 0 Å². The molecule has 0 spiro atoms. The number of nitrogens with two attached hydrogens (primary N) is 1. The van der Waals surface area contributed by atoms with Crippen molar-refractivity contribution < 1.29 is 4.74 Å². The third kappa shape index (κ3) is 2.42. The Hall–Kier alpha value is -1.94. The molecule has 0 bridgehead atoms. The second-order valence-corrected chi connectivity index (χ2v) is 3.66. The number of hydrogen-bond donors (Lipinski definition) is 1. The van der Waals surface area contributed by atoms with Crippen molar-refractivity contribution >= 4 is 0 Å². The molecule has 0 radical (unpaired) electrons. The van der Waals surface area contributed by atoms with Crippen molar-refractivity contribution in [2.45, 2.75) is 5.92 Å². The van der Waals surface area contributed by atoms with E-state index in [1.54, 1.807) is 13.3 Å². The van der Waals surface area contributed by atoms with Crippen LogP contribution in [0.15, 0.2) is 42.9 Å². The molecule has 0 aliphatic carbocycles. The Morgan fingerprint density at radius 3 is 2.76 bits per heavy atom. The fourth-order valence-corrected chi connectivity index (χ4v) is 1.87. The van der Waals surface area contributed by atoms with Gasteiger partial charge in [-0.15, -0.1) is 0 Å². The Labute approximate surface area is 100 Å². The van der Waals surface area contributed by atoms with Crippen molar-refractivity contribution in [2.75, 3.05) is 13.7 Å². The maximum atomic E-state index is 5.84. The number of benzene rings is 1. The monoisotopic (exact) mass is 229 g/mol. The molecule has 88 valence electrons. The van der Waals surface area contributed by atoms with E-state index in [4.69, 9.17) is 10.5 Å². The fraction of sp³-hybridized carbons (Fsp3) is 0.231. The van der Waals surface area contributed by atoms with Gasteiger partial charge >= 0.3 is 0 Å². The molecular formula is C13H15N3O. The van der Waals surface area contributed by atoms with Crippen LogP contribution in [0.2, 0.25) is 0 Å². The maximum Gasteiger partial charge on any atom is 0.122 e. The minimum atomic E-state index is 0.0362. The van der Waals surface area contributed by atoms with Gasteiger partial charge in [0.15, 0.2) is 0 Å². The lowest BCUT2D eigenvalue weighted by atomic mass is 9.95. The molecule has 4 heteroatoms. The van der Waals surface area contributed by atoms with Crippen molar-refractivity contribution in [3.05, 3.63) is 54.1 Å². The Morgan fingerprint density at radius 2 is 2.12 bits per heavy atom. The van der Waals surface area contributed by atoms with Gasteiger partial charge in [-0.05, 0) is 12.1 Å². The third-order valence-electron chi connectivity index (χ3n) is 2.71. The van der Waals surface area contributed by atoms with Gasteiger partial charge in [0.05, 0.1) is 12.8 Å². The van der Waals surface area contributed by atoms with Crippen LogP contribution in [0.4, 0.5) is 0 Å². The van der Waals surface area contributed by atoms with E-state index < -0.39 is 0 Å². The van der Waals surface area contributed by atoms with Gasteiger partial charge in [-0.2, -0.15) is 0 Å². The molecule has 1 heterocycles. The highest BCUT2D eigenvalue weighted by Crippen LogP contribution is 2.29. The van der Waals surface area contributed by atoms with E-state index >= 15 is 0 Å². The third-order valence-corrected chi connectivity index (χ3v) is 2.71. The molecule has 0 aliphatic rings. The van der Waals surface area contributed by atoms with Crippen LogP contribution in [-0.4, -0.2) is 23.6 Å². The molecule has 0 saturated heterocycles. The minimum absolute atomic E-state index is 0.0362. The summed E-state index contributed by atoms with van der Waals surface area (Å²) in [5, 5.41) is 0. The van der Waals surface area contributed by atoms with Gasteiger partial charge in [0.25, 0.3) is 0 Å². The van der Waals surface area contributed by atoms with Crippen molar-refractivity contribution in [3.63, 3.8) is 0 Å². The van der Waals surface area contributed by atoms with Crippen molar-refractivity contribution in [1.29, 1.82) is 0 Å². The molecule has 1 unspecified atom stereocenters. The molecule has 0 aliphatic heterocycles. The molecule has 1 atom stereocenters. The molecule has 2 aromatic rings. The quantitative estimate of drug-likeness (QED) is 0.864. The zero-order valence-electron chi connectivity index (χ0n) is 9.71. The largest absolute Gasteiger partial charge is 0.496 e. The van der Waals surface area contributed by atoms with E-state index in [-0.39, 0.29) is 5.92 Å². The lowest BCUT2D eigenvalue weighted by molar-refractivity contribution is 0.407. The van der Waals surface area contributed by atoms with Crippen LogP contribution < -0.4 is 10.5 Å². The molecule has 2 N–H and O–H groups in total. The first-order chi connectivity index (χ1) is 8.36. The summed E-state index contributed by atoms with van der Waals surface area (Å²) in [6.45, 7) is 0.484. The van der Waals surface area contributed by atoms with Crippen molar-refractivity contribution in [2.24, 2.45) is 5.73 Å². The highest BCUT2D eigenvalue weighted by atomic mass is 16.5. The normalized spacial score (nSPS) is 12.1. The average Bonchev–Trinajstić information content (AvgIpc) is 2.41. The smallest absolute Gasteiger partial charge is 0.122 e. The molecule has 1 aromatic heterocycles. The summed E-state index contributed by atoms with van der Waals surface area (Å²) in [4.78, 5) is 8.17. The Kier molecular flexibility index (Phi) is 3.67. The molecule has 17 heavy (non-hydrogen) atoms. The van der Waals surface area contributed by atoms with E-state index in [1.165, 1.54) is 6.33 Å². The molecule has 0 saturated carbocycles. The van der Waals surface area contributed by atoms with Gasteiger partial charge in [0, 0.05) is 24.2 Å². The summed E-state index contributed by atoms with van der Waals surface area (Å²) >= 11 is 0. The van der Waals surface area contributed by atoms with E-state index in [1.807, 2.05) is 30.3 Å². The lowest BCUT2D eigenvalue weighted by Gasteiger charge is -2.17. The number of hydrogen-bond acceptors (Lipinski definition) is 4. The van der Waals surface area contributed by atoms with Crippen LogP contribution in [0, 0.1) is 0 Å². The average molecular weight is 229 g/mol. The highest BCUT2D eigenvalue weighted by Gasteiger charge is 2.17. The van der Waals surface area contributed by atoms with Crippen LogP contribution in [0.5, 0.6) is 5.75 Å². The fourth-order valence-electron chi connectivity index (χ4n) is 1.87. The number of para-hydroxylation sites is 1. The van der Waals surface area contributed by atoms with E-state index in [9.17, 15) is 0 Å². The van der Waals surface area contributed by atoms with Crippen LogP contribution >= 0.6 is 0 Å². The van der Waals surface area contributed by atoms with Gasteiger partial charge in [0.2, 0.25) is 0 Å². The summed E-state index contributed by atoms with van der Waals surface area (Å²) in [5.41, 5.74) is 7.81. The summed E-state index contributed by atoms with van der Waals surface area (Å²) in [5.74, 6) is 0.871. The van der Waals surface area contributed by atoms with Gasteiger partial charge in [-0.1, -0.05) is 18.2 Å². The predicted molar refractivity (Wildman–Crippen MR) is 65.9 cm³/mol. The Bertz CT molecular complexity index is 473. The zero-order valence-corrected chi connectivity index (χ0v) is 9.71. The number of aromatic nitrogens is 2. The molecule has 0 amide bonds. The van der Waals surface area contributed by atoms with Gasteiger partial charge in [-0.25, -0.2) is 9.97 Å². The zero-order chi connectivity index (χ0) is 12.1. The first-order valence-corrected chi connectivity index (χ1v) is 5.45. The number of methoxy groups -OCH3 is 1.